The lowest BCUT2D eigenvalue weighted by Crippen LogP contribution is -2.50. The van der Waals surface area contributed by atoms with Gasteiger partial charge in [0.1, 0.15) is 0 Å². The van der Waals surface area contributed by atoms with E-state index in [2.05, 4.69) is 6.07 Å². The molecular weight excluding hydrogens is 346 g/mol. The zero-order valence-electron chi connectivity index (χ0n) is 15.2. The number of carbonyl (C=O) groups is 3. The summed E-state index contributed by atoms with van der Waals surface area (Å²) in [6.07, 6.45) is 0.350. The average molecular weight is 369 g/mol. The van der Waals surface area contributed by atoms with Crippen LogP contribution in [-0.4, -0.2) is 58.9 Å². The molecule has 142 valence electrons. The lowest BCUT2D eigenvalue weighted by atomic mass is 9.87. The standard InChI is InChI=1S/C20H23N3O4/c1-13-10-22(8-7-16(13)20(26)27)18(24)19(25)23-11-15(9-21)17(12-23)14-5-3-2-4-6-14/h2-6,13,15-17H,7-8,10-12H2,1H3,(H,26,27)/t13?,15-,16?,17+/m1/s1. The van der Waals surface area contributed by atoms with Gasteiger partial charge in [-0.15, -0.1) is 0 Å². The average Bonchev–Trinajstić information content (AvgIpc) is 3.11. The van der Waals surface area contributed by atoms with E-state index >= 15 is 0 Å². The third kappa shape index (κ3) is 3.80. The Bertz CT molecular complexity index is 773. The van der Waals surface area contributed by atoms with Crippen molar-refractivity contribution in [3.05, 3.63) is 35.9 Å². The highest BCUT2D eigenvalue weighted by molar-refractivity contribution is 6.35. The summed E-state index contributed by atoms with van der Waals surface area (Å²) in [6, 6.07) is 11.8. The summed E-state index contributed by atoms with van der Waals surface area (Å²) in [5, 5.41) is 18.7. The van der Waals surface area contributed by atoms with Gasteiger partial charge in [-0.05, 0) is 17.9 Å². The van der Waals surface area contributed by atoms with Crippen molar-refractivity contribution in [3.8, 4) is 6.07 Å². The molecule has 0 spiro atoms. The van der Waals surface area contributed by atoms with Gasteiger partial charge in [0.25, 0.3) is 0 Å². The van der Waals surface area contributed by atoms with Gasteiger partial charge >= 0.3 is 17.8 Å². The van der Waals surface area contributed by atoms with Crippen molar-refractivity contribution in [1.82, 2.24) is 9.80 Å². The quantitative estimate of drug-likeness (QED) is 0.792. The van der Waals surface area contributed by atoms with Crippen LogP contribution in [0.15, 0.2) is 30.3 Å². The zero-order valence-corrected chi connectivity index (χ0v) is 15.2. The Morgan fingerprint density at radius 2 is 1.74 bits per heavy atom. The monoisotopic (exact) mass is 369 g/mol. The minimum atomic E-state index is -0.858. The van der Waals surface area contributed by atoms with Gasteiger partial charge in [-0.2, -0.15) is 5.26 Å². The van der Waals surface area contributed by atoms with Crippen molar-refractivity contribution in [2.75, 3.05) is 26.2 Å². The van der Waals surface area contributed by atoms with Crippen LogP contribution in [0.5, 0.6) is 0 Å². The van der Waals surface area contributed by atoms with E-state index in [-0.39, 0.29) is 37.4 Å². The van der Waals surface area contributed by atoms with Gasteiger partial charge in [0, 0.05) is 32.1 Å². The number of nitrogens with zero attached hydrogens (tertiary/aromatic N) is 3. The van der Waals surface area contributed by atoms with Crippen LogP contribution >= 0.6 is 0 Å². The van der Waals surface area contributed by atoms with E-state index in [0.717, 1.165) is 5.56 Å². The van der Waals surface area contributed by atoms with E-state index in [1.807, 2.05) is 30.3 Å². The summed E-state index contributed by atoms with van der Waals surface area (Å²) in [7, 11) is 0. The van der Waals surface area contributed by atoms with Gasteiger partial charge in [-0.1, -0.05) is 37.3 Å². The molecule has 2 fully saturated rings. The fourth-order valence-electron chi connectivity index (χ4n) is 4.11. The number of piperidine rings is 1. The van der Waals surface area contributed by atoms with Gasteiger partial charge in [-0.3, -0.25) is 14.4 Å². The normalized spacial score (nSPS) is 27.9. The number of hydrogen-bond acceptors (Lipinski definition) is 4. The van der Waals surface area contributed by atoms with Gasteiger partial charge in [0.05, 0.1) is 17.9 Å². The minimum absolute atomic E-state index is 0.107. The number of likely N-dealkylation sites (tertiary alicyclic amines) is 2. The number of rotatable bonds is 2. The zero-order chi connectivity index (χ0) is 19.6. The molecule has 0 radical (unpaired) electrons. The van der Waals surface area contributed by atoms with Crippen LogP contribution in [-0.2, 0) is 14.4 Å². The maximum atomic E-state index is 12.7. The number of carboxylic acids is 1. The summed E-state index contributed by atoms with van der Waals surface area (Å²) in [6.45, 7) is 2.90. The second kappa shape index (κ2) is 7.78. The lowest BCUT2D eigenvalue weighted by molar-refractivity contribution is -0.155. The van der Waals surface area contributed by atoms with Crippen molar-refractivity contribution in [1.29, 1.82) is 5.26 Å². The molecule has 1 aromatic rings. The molecule has 0 bridgehead atoms. The van der Waals surface area contributed by atoms with Gasteiger partial charge in [0.15, 0.2) is 0 Å². The molecule has 7 heteroatoms. The van der Waals surface area contributed by atoms with Crippen LogP contribution in [0.3, 0.4) is 0 Å². The molecule has 2 aliphatic rings. The maximum Gasteiger partial charge on any atom is 0.312 e. The van der Waals surface area contributed by atoms with E-state index in [9.17, 15) is 24.8 Å². The van der Waals surface area contributed by atoms with Crippen LogP contribution in [0.2, 0.25) is 0 Å². The first kappa shape index (κ1) is 18.9. The Kier molecular flexibility index (Phi) is 5.45. The fourth-order valence-corrected chi connectivity index (χ4v) is 4.11. The second-order valence-corrected chi connectivity index (χ2v) is 7.42. The lowest BCUT2D eigenvalue weighted by Gasteiger charge is -2.35. The van der Waals surface area contributed by atoms with E-state index in [0.29, 0.717) is 13.0 Å². The molecule has 1 aromatic carbocycles. The molecule has 2 unspecified atom stereocenters. The van der Waals surface area contributed by atoms with Crippen LogP contribution in [0.4, 0.5) is 0 Å². The molecule has 0 aromatic heterocycles. The van der Waals surface area contributed by atoms with Crippen molar-refractivity contribution in [2.45, 2.75) is 19.3 Å². The summed E-state index contributed by atoms with van der Waals surface area (Å²) >= 11 is 0. The molecule has 2 heterocycles. The number of nitriles is 1. The van der Waals surface area contributed by atoms with Gasteiger partial charge < -0.3 is 14.9 Å². The van der Waals surface area contributed by atoms with Crippen molar-refractivity contribution < 1.29 is 19.5 Å². The molecule has 2 amide bonds. The molecule has 27 heavy (non-hydrogen) atoms. The maximum absolute atomic E-state index is 12.7. The summed E-state index contributed by atoms with van der Waals surface area (Å²) in [4.78, 5) is 39.5. The van der Waals surface area contributed by atoms with Crippen LogP contribution < -0.4 is 0 Å². The highest BCUT2D eigenvalue weighted by Crippen LogP contribution is 2.32. The number of carboxylic acid groups (broad SMARTS) is 1. The van der Waals surface area contributed by atoms with Crippen LogP contribution in [0.25, 0.3) is 0 Å². The van der Waals surface area contributed by atoms with Gasteiger partial charge in [0.2, 0.25) is 0 Å². The highest BCUT2D eigenvalue weighted by atomic mass is 16.4. The highest BCUT2D eigenvalue weighted by Gasteiger charge is 2.41. The number of benzene rings is 1. The first-order chi connectivity index (χ1) is 12.9. The van der Waals surface area contributed by atoms with Crippen molar-refractivity contribution in [3.63, 3.8) is 0 Å². The molecule has 1 N–H and O–H groups in total. The molecular formula is C20H23N3O4. The summed E-state index contributed by atoms with van der Waals surface area (Å²) in [5.74, 6) is -3.20. The predicted octanol–water partition coefficient (Wildman–Crippen LogP) is 1.32. The largest absolute Gasteiger partial charge is 0.481 e. The molecule has 2 saturated heterocycles. The smallest absolute Gasteiger partial charge is 0.312 e. The molecule has 2 aliphatic heterocycles. The third-order valence-corrected chi connectivity index (χ3v) is 5.69. The van der Waals surface area contributed by atoms with E-state index in [1.54, 1.807) is 6.92 Å². The molecule has 0 saturated carbocycles. The molecule has 7 nitrogen and oxygen atoms in total. The first-order valence-corrected chi connectivity index (χ1v) is 9.18. The predicted molar refractivity (Wildman–Crippen MR) is 96.4 cm³/mol. The summed E-state index contributed by atoms with van der Waals surface area (Å²) < 4.78 is 0. The van der Waals surface area contributed by atoms with Crippen molar-refractivity contribution in [2.24, 2.45) is 17.8 Å². The Balaban J connectivity index is 1.67. The number of hydrogen-bond donors (Lipinski definition) is 1. The molecule has 3 rings (SSSR count). The van der Waals surface area contributed by atoms with Crippen molar-refractivity contribution >= 4 is 17.8 Å². The Hall–Kier alpha value is -2.88. The topological polar surface area (TPSA) is 102 Å². The van der Waals surface area contributed by atoms with E-state index < -0.39 is 23.7 Å². The molecule has 0 aliphatic carbocycles. The number of amides is 2. The third-order valence-electron chi connectivity index (χ3n) is 5.69. The first-order valence-electron chi connectivity index (χ1n) is 9.18. The van der Waals surface area contributed by atoms with Crippen LogP contribution in [0.1, 0.15) is 24.8 Å². The van der Waals surface area contributed by atoms with E-state index in [1.165, 1.54) is 9.80 Å². The Morgan fingerprint density at radius 1 is 1.07 bits per heavy atom. The van der Waals surface area contributed by atoms with E-state index in [4.69, 9.17) is 0 Å². The Labute approximate surface area is 158 Å². The fraction of sp³-hybridized carbons (Fsp3) is 0.500. The SMILES string of the molecule is CC1CN(C(=O)C(=O)N2C[C@@H](C#N)[C@H](c3ccccc3)C2)CCC1C(=O)O. The van der Waals surface area contributed by atoms with Gasteiger partial charge in [-0.25, -0.2) is 0 Å². The summed E-state index contributed by atoms with van der Waals surface area (Å²) in [5.41, 5.74) is 0.989. The number of carbonyl (C=O) groups excluding carboxylic acids is 2. The number of aliphatic carboxylic acids is 1. The second-order valence-electron chi connectivity index (χ2n) is 7.42. The minimum Gasteiger partial charge on any atom is -0.481 e. The Morgan fingerprint density at radius 3 is 2.33 bits per heavy atom. The van der Waals surface area contributed by atoms with Crippen LogP contribution in [0, 0.1) is 29.1 Å². The molecule has 4 atom stereocenters.